The molecule has 2 aromatic rings. The van der Waals surface area contributed by atoms with Crippen molar-refractivity contribution in [2.45, 2.75) is 19.5 Å². The second-order valence-electron chi connectivity index (χ2n) is 5.10. The van der Waals surface area contributed by atoms with Crippen LogP contribution in [0.2, 0.25) is 0 Å². The number of nitrogens with one attached hydrogen (secondary N) is 3. The Kier molecular flexibility index (Phi) is 3.50. The maximum absolute atomic E-state index is 12.9. The van der Waals surface area contributed by atoms with E-state index in [-0.39, 0.29) is 11.4 Å². The number of fused-ring (bicyclic) bond motifs is 1. The summed E-state index contributed by atoms with van der Waals surface area (Å²) in [7, 11) is 0. The molecule has 0 amide bonds. The molecule has 3 rings (SSSR count). The van der Waals surface area contributed by atoms with Crippen molar-refractivity contribution < 1.29 is 9.29 Å². The van der Waals surface area contributed by atoms with Crippen LogP contribution in [0.1, 0.15) is 16.8 Å². The molecule has 1 aromatic heterocycles. The summed E-state index contributed by atoms with van der Waals surface area (Å²) in [4.78, 5) is 18.9. The Morgan fingerprint density at radius 1 is 1.25 bits per heavy atom. The molecule has 0 spiro atoms. The molecule has 0 radical (unpaired) electrons. The van der Waals surface area contributed by atoms with Gasteiger partial charge in [-0.3, -0.25) is 9.78 Å². The summed E-state index contributed by atoms with van der Waals surface area (Å²) in [5.41, 5.74) is 2.70. The van der Waals surface area contributed by atoms with Crippen molar-refractivity contribution in [1.82, 2.24) is 9.97 Å². The van der Waals surface area contributed by atoms with Crippen LogP contribution in [0.4, 0.5) is 4.39 Å². The van der Waals surface area contributed by atoms with Crippen LogP contribution in [0.5, 0.6) is 0 Å². The Balaban J connectivity index is 1.80. The minimum atomic E-state index is -0.225. The second-order valence-corrected chi connectivity index (χ2v) is 5.50. The third-order valence-corrected chi connectivity index (χ3v) is 3.86. The standard InChI is InChI=1S/C14H14FN3OS/c15-10-3-1-9(2-4-10)7-18-6-5-12-11(8-18)13(19)17-14(20)16-12/h1-4H,5-8H2,(H2,16,17,19,20)/p+1. The van der Waals surface area contributed by atoms with Gasteiger partial charge in [0.25, 0.3) is 5.56 Å². The number of hydrogen-bond acceptors (Lipinski definition) is 2. The summed E-state index contributed by atoms with van der Waals surface area (Å²) in [6.45, 7) is 2.38. The average molecular weight is 292 g/mol. The highest BCUT2D eigenvalue weighted by Crippen LogP contribution is 2.05. The van der Waals surface area contributed by atoms with E-state index in [1.807, 2.05) is 0 Å². The van der Waals surface area contributed by atoms with Gasteiger partial charge in [0.2, 0.25) is 0 Å². The smallest absolute Gasteiger partial charge is 0.260 e. The number of rotatable bonds is 2. The van der Waals surface area contributed by atoms with Crippen molar-refractivity contribution in [2.75, 3.05) is 6.54 Å². The van der Waals surface area contributed by atoms with Crippen LogP contribution >= 0.6 is 12.2 Å². The van der Waals surface area contributed by atoms with E-state index in [4.69, 9.17) is 12.2 Å². The molecule has 1 aliphatic heterocycles. The first-order chi connectivity index (χ1) is 9.61. The van der Waals surface area contributed by atoms with Gasteiger partial charge < -0.3 is 9.88 Å². The van der Waals surface area contributed by atoms with Gasteiger partial charge in [-0.15, -0.1) is 0 Å². The van der Waals surface area contributed by atoms with Crippen LogP contribution in [-0.2, 0) is 19.5 Å². The minimum absolute atomic E-state index is 0.0972. The molecule has 1 aromatic carbocycles. The predicted octanol–water partition coefficient (Wildman–Crippen LogP) is 0.713. The molecule has 1 aliphatic rings. The van der Waals surface area contributed by atoms with Gasteiger partial charge in [0.05, 0.1) is 12.1 Å². The van der Waals surface area contributed by atoms with Crippen LogP contribution in [-0.4, -0.2) is 16.5 Å². The summed E-state index contributed by atoms with van der Waals surface area (Å²) in [5, 5.41) is 0. The lowest BCUT2D eigenvalue weighted by Gasteiger charge is -2.25. The van der Waals surface area contributed by atoms with E-state index in [0.717, 1.165) is 36.3 Å². The van der Waals surface area contributed by atoms with Crippen LogP contribution in [0, 0.1) is 10.6 Å². The number of H-pyrrole nitrogens is 2. The van der Waals surface area contributed by atoms with Crippen LogP contribution in [0.3, 0.4) is 0 Å². The third kappa shape index (κ3) is 2.71. The molecule has 0 saturated heterocycles. The van der Waals surface area contributed by atoms with Gasteiger partial charge in [0.1, 0.15) is 18.9 Å². The van der Waals surface area contributed by atoms with Gasteiger partial charge in [-0.2, -0.15) is 0 Å². The maximum Gasteiger partial charge on any atom is 0.260 e. The maximum atomic E-state index is 12.9. The topological polar surface area (TPSA) is 53.1 Å². The summed E-state index contributed by atoms with van der Waals surface area (Å²) < 4.78 is 13.3. The van der Waals surface area contributed by atoms with Crippen LogP contribution < -0.4 is 10.5 Å². The SMILES string of the molecule is O=c1[nH]c(=S)[nH]c2c1C[NH+](Cc1ccc(F)cc1)CC2. The van der Waals surface area contributed by atoms with E-state index < -0.39 is 0 Å². The first-order valence-corrected chi connectivity index (χ1v) is 6.95. The molecular formula is C14H15FN3OS+. The fourth-order valence-electron chi connectivity index (χ4n) is 2.64. The molecule has 0 fully saturated rings. The average Bonchev–Trinajstić information content (AvgIpc) is 2.42. The molecule has 0 aliphatic carbocycles. The molecule has 6 heteroatoms. The molecule has 0 bridgehead atoms. The quantitative estimate of drug-likeness (QED) is 0.714. The first-order valence-electron chi connectivity index (χ1n) is 6.54. The summed E-state index contributed by atoms with van der Waals surface area (Å²) >= 11 is 4.98. The Morgan fingerprint density at radius 2 is 2.00 bits per heavy atom. The van der Waals surface area contributed by atoms with Crippen molar-refractivity contribution in [3.8, 4) is 0 Å². The van der Waals surface area contributed by atoms with Gasteiger partial charge in [-0.05, 0) is 24.4 Å². The van der Waals surface area contributed by atoms with E-state index in [2.05, 4.69) is 9.97 Å². The highest BCUT2D eigenvalue weighted by atomic mass is 32.1. The number of quaternary nitrogens is 1. The molecule has 1 atom stereocenters. The minimum Gasteiger partial charge on any atom is -0.335 e. The summed E-state index contributed by atoms with van der Waals surface area (Å²) in [5.74, 6) is -0.225. The lowest BCUT2D eigenvalue weighted by Crippen LogP contribution is -3.10. The molecule has 4 nitrogen and oxygen atoms in total. The van der Waals surface area contributed by atoms with Crippen molar-refractivity contribution in [3.05, 3.63) is 62.0 Å². The van der Waals surface area contributed by atoms with E-state index in [0.29, 0.717) is 11.3 Å². The first kappa shape index (κ1) is 13.2. The molecule has 104 valence electrons. The van der Waals surface area contributed by atoms with Crippen molar-refractivity contribution in [1.29, 1.82) is 0 Å². The summed E-state index contributed by atoms with van der Waals surface area (Å²) in [6.07, 6.45) is 0.805. The highest BCUT2D eigenvalue weighted by molar-refractivity contribution is 7.71. The number of halogens is 1. The normalized spacial score (nSPS) is 17.8. The molecule has 2 heterocycles. The Bertz CT molecular complexity index is 735. The summed E-state index contributed by atoms with van der Waals surface area (Å²) in [6, 6.07) is 6.52. The predicted molar refractivity (Wildman–Crippen MR) is 75.6 cm³/mol. The molecule has 20 heavy (non-hydrogen) atoms. The Morgan fingerprint density at radius 3 is 2.75 bits per heavy atom. The second kappa shape index (κ2) is 5.30. The third-order valence-electron chi connectivity index (χ3n) is 3.65. The molecule has 1 unspecified atom stereocenters. The fourth-order valence-corrected chi connectivity index (χ4v) is 2.86. The van der Waals surface area contributed by atoms with Gasteiger partial charge in [-0.25, -0.2) is 4.39 Å². The van der Waals surface area contributed by atoms with E-state index >= 15 is 0 Å². The van der Waals surface area contributed by atoms with Gasteiger partial charge in [0, 0.05) is 17.7 Å². The number of aromatic nitrogens is 2. The van der Waals surface area contributed by atoms with Gasteiger partial charge >= 0.3 is 0 Å². The zero-order valence-corrected chi connectivity index (χ0v) is 11.6. The number of hydrogen-bond donors (Lipinski definition) is 3. The fraction of sp³-hybridized carbons (Fsp3) is 0.286. The van der Waals surface area contributed by atoms with E-state index in [9.17, 15) is 9.18 Å². The van der Waals surface area contributed by atoms with Crippen molar-refractivity contribution in [2.24, 2.45) is 0 Å². The molecular weight excluding hydrogens is 277 g/mol. The molecule has 3 N–H and O–H groups in total. The van der Waals surface area contributed by atoms with E-state index in [1.165, 1.54) is 17.0 Å². The van der Waals surface area contributed by atoms with Crippen LogP contribution in [0.15, 0.2) is 29.1 Å². The Hall–Kier alpha value is -1.79. The number of aromatic amines is 2. The van der Waals surface area contributed by atoms with Crippen molar-refractivity contribution >= 4 is 12.2 Å². The number of benzene rings is 1. The zero-order chi connectivity index (χ0) is 14.1. The highest BCUT2D eigenvalue weighted by Gasteiger charge is 2.22. The van der Waals surface area contributed by atoms with E-state index in [1.54, 1.807) is 12.1 Å². The van der Waals surface area contributed by atoms with Gasteiger partial charge in [0.15, 0.2) is 4.77 Å². The molecule has 0 saturated carbocycles. The van der Waals surface area contributed by atoms with Crippen molar-refractivity contribution in [3.63, 3.8) is 0 Å². The monoisotopic (exact) mass is 292 g/mol. The zero-order valence-electron chi connectivity index (χ0n) is 10.8. The lowest BCUT2D eigenvalue weighted by atomic mass is 10.1. The largest absolute Gasteiger partial charge is 0.335 e. The Labute approximate surface area is 120 Å². The van der Waals surface area contributed by atoms with Gasteiger partial charge in [-0.1, -0.05) is 12.1 Å². The van der Waals surface area contributed by atoms with Crippen LogP contribution in [0.25, 0.3) is 0 Å². The lowest BCUT2D eigenvalue weighted by molar-refractivity contribution is -0.929.